The van der Waals surface area contributed by atoms with Crippen molar-refractivity contribution in [3.05, 3.63) is 65.2 Å². The van der Waals surface area contributed by atoms with Crippen molar-refractivity contribution in [1.82, 2.24) is 9.80 Å². The number of nitrogens with zero attached hydrogens (tertiary/aromatic N) is 2. The van der Waals surface area contributed by atoms with Crippen LogP contribution in [-0.2, 0) is 22.6 Å². The highest BCUT2D eigenvalue weighted by atomic mass is 19.1. The lowest BCUT2D eigenvalue weighted by Gasteiger charge is -2.31. The molecule has 1 saturated heterocycles. The van der Waals surface area contributed by atoms with E-state index in [0.29, 0.717) is 37.5 Å². The van der Waals surface area contributed by atoms with Crippen LogP contribution in [0.25, 0.3) is 0 Å². The summed E-state index contributed by atoms with van der Waals surface area (Å²) in [4.78, 5) is 27.3. The van der Waals surface area contributed by atoms with Crippen LogP contribution in [0.5, 0.6) is 5.75 Å². The maximum Gasteiger partial charge on any atom is 0.410 e. The standard InChI is InChI=1S/C28H34F2N2O4/c1-31(2)27(33)16-22-15-25(30)26(17-24(22)29)35-13-10-21-14-23(21)20-8-11-32(12-9-20)28(34)36-18-19-6-4-3-5-7-19/h3-7,15,17,20-21,23H,8-14,16,18H2,1-2H3. The van der Waals surface area contributed by atoms with E-state index in [1.165, 1.54) is 4.90 Å². The molecule has 0 radical (unpaired) electrons. The first kappa shape index (κ1) is 25.9. The van der Waals surface area contributed by atoms with Gasteiger partial charge in [0.1, 0.15) is 12.4 Å². The maximum absolute atomic E-state index is 14.4. The molecule has 2 aromatic rings. The van der Waals surface area contributed by atoms with Crippen LogP contribution in [0.2, 0.25) is 0 Å². The first-order chi connectivity index (χ1) is 17.3. The predicted molar refractivity (Wildman–Crippen MR) is 131 cm³/mol. The number of amides is 2. The van der Waals surface area contributed by atoms with Crippen molar-refractivity contribution in [2.24, 2.45) is 17.8 Å². The molecule has 0 N–H and O–H groups in total. The van der Waals surface area contributed by atoms with Gasteiger partial charge in [-0.15, -0.1) is 0 Å². The summed E-state index contributed by atoms with van der Waals surface area (Å²) in [6.07, 6.45) is 3.35. The molecule has 1 aliphatic heterocycles. The molecule has 1 heterocycles. The minimum Gasteiger partial charge on any atom is -0.490 e. The molecule has 8 heteroatoms. The van der Waals surface area contributed by atoms with Gasteiger partial charge in [0.2, 0.25) is 5.91 Å². The van der Waals surface area contributed by atoms with E-state index in [1.54, 1.807) is 19.0 Å². The smallest absolute Gasteiger partial charge is 0.410 e. The van der Waals surface area contributed by atoms with Crippen molar-refractivity contribution in [3.8, 4) is 5.75 Å². The van der Waals surface area contributed by atoms with E-state index in [2.05, 4.69) is 0 Å². The molecule has 1 saturated carbocycles. The van der Waals surface area contributed by atoms with Crippen molar-refractivity contribution < 1.29 is 27.8 Å². The van der Waals surface area contributed by atoms with Crippen molar-refractivity contribution in [3.63, 3.8) is 0 Å². The molecular formula is C28H34F2N2O4. The molecule has 1 aliphatic carbocycles. The zero-order valence-electron chi connectivity index (χ0n) is 20.9. The molecule has 2 atom stereocenters. The van der Waals surface area contributed by atoms with Crippen LogP contribution in [0.3, 0.4) is 0 Å². The molecule has 0 bridgehead atoms. The zero-order valence-corrected chi connectivity index (χ0v) is 20.9. The minimum absolute atomic E-state index is 0.0242. The Morgan fingerprint density at radius 3 is 2.47 bits per heavy atom. The number of piperidine rings is 1. The highest BCUT2D eigenvalue weighted by Crippen LogP contribution is 2.49. The molecule has 2 fully saturated rings. The van der Waals surface area contributed by atoms with E-state index < -0.39 is 11.6 Å². The number of carbonyl (C=O) groups excluding carboxylic acids is 2. The maximum atomic E-state index is 14.4. The Kier molecular flexibility index (Phi) is 8.44. The summed E-state index contributed by atoms with van der Waals surface area (Å²) < 4.78 is 39.7. The summed E-state index contributed by atoms with van der Waals surface area (Å²) >= 11 is 0. The second-order valence-electron chi connectivity index (χ2n) is 10.0. The predicted octanol–water partition coefficient (Wildman–Crippen LogP) is 5.05. The zero-order chi connectivity index (χ0) is 25.7. The van der Waals surface area contributed by atoms with Crippen molar-refractivity contribution in [2.45, 2.75) is 38.7 Å². The lowest BCUT2D eigenvalue weighted by Crippen LogP contribution is -2.39. The van der Waals surface area contributed by atoms with Crippen molar-refractivity contribution in [1.29, 1.82) is 0 Å². The third-order valence-corrected chi connectivity index (χ3v) is 7.27. The number of ether oxygens (including phenoxy) is 2. The SMILES string of the molecule is CN(C)C(=O)Cc1cc(F)c(OCCC2CC2C2CCN(C(=O)OCc3ccccc3)CC2)cc1F. The van der Waals surface area contributed by atoms with Gasteiger partial charge in [0, 0.05) is 38.8 Å². The van der Waals surface area contributed by atoms with Gasteiger partial charge < -0.3 is 19.3 Å². The quantitative estimate of drug-likeness (QED) is 0.484. The van der Waals surface area contributed by atoms with Gasteiger partial charge in [-0.1, -0.05) is 30.3 Å². The number of rotatable bonds is 9. The highest BCUT2D eigenvalue weighted by Gasteiger charge is 2.43. The van der Waals surface area contributed by atoms with Crippen LogP contribution in [0, 0.1) is 29.4 Å². The number of carbonyl (C=O) groups is 2. The van der Waals surface area contributed by atoms with Crippen LogP contribution in [0.15, 0.2) is 42.5 Å². The van der Waals surface area contributed by atoms with E-state index in [4.69, 9.17) is 9.47 Å². The fourth-order valence-electron chi connectivity index (χ4n) is 4.96. The Morgan fingerprint density at radius 2 is 1.78 bits per heavy atom. The average Bonchev–Trinajstić information content (AvgIpc) is 3.65. The number of hydrogen-bond donors (Lipinski definition) is 0. The first-order valence-corrected chi connectivity index (χ1v) is 12.6. The molecule has 36 heavy (non-hydrogen) atoms. The van der Waals surface area contributed by atoms with Crippen molar-refractivity contribution in [2.75, 3.05) is 33.8 Å². The van der Waals surface area contributed by atoms with Crippen LogP contribution in [0.1, 0.15) is 36.8 Å². The third kappa shape index (κ3) is 6.74. The van der Waals surface area contributed by atoms with E-state index in [-0.39, 0.29) is 36.3 Å². The molecular weight excluding hydrogens is 466 g/mol. The van der Waals surface area contributed by atoms with Gasteiger partial charge in [-0.25, -0.2) is 13.6 Å². The molecule has 4 rings (SSSR count). The Bertz CT molecular complexity index is 1060. The lowest BCUT2D eigenvalue weighted by atomic mass is 9.91. The molecule has 0 aromatic heterocycles. The molecule has 2 amide bonds. The van der Waals surface area contributed by atoms with E-state index >= 15 is 0 Å². The molecule has 0 spiro atoms. The fourth-order valence-corrected chi connectivity index (χ4v) is 4.96. The van der Waals surface area contributed by atoms with Gasteiger partial charge in [0.15, 0.2) is 11.6 Å². The lowest BCUT2D eigenvalue weighted by molar-refractivity contribution is -0.128. The summed E-state index contributed by atoms with van der Waals surface area (Å²) in [5.41, 5.74) is 0.998. The summed E-state index contributed by atoms with van der Waals surface area (Å²) in [7, 11) is 3.15. The molecule has 6 nitrogen and oxygen atoms in total. The van der Waals surface area contributed by atoms with Gasteiger partial charge in [-0.05, 0) is 55.1 Å². The number of likely N-dealkylation sites (tertiary alicyclic amines) is 1. The van der Waals surface area contributed by atoms with Gasteiger partial charge in [-0.3, -0.25) is 4.79 Å². The van der Waals surface area contributed by atoms with Crippen molar-refractivity contribution >= 4 is 12.0 Å². The molecule has 2 aliphatic rings. The minimum atomic E-state index is -0.656. The molecule has 2 aromatic carbocycles. The summed E-state index contributed by atoms with van der Waals surface area (Å²) in [5, 5.41) is 0. The van der Waals surface area contributed by atoms with Gasteiger partial charge >= 0.3 is 6.09 Å². The summed E-state index contributed by atoms with van der Waals surface area (Å²) in [6, 6.07) is 11.7. The first-order valence-electron chi connectivity index (χ1n) is 12.6. The number of likely N-dealkylation sites (N-methyl/N-ethyl adjacent to an activating group) is 1. The normalized spacial score (nSPS) is 19.6. The molecule has 2 unspecified atom stereocenters. The average molecular weight is 501 g/mol. The highest BCUT2D eigenvalue weighted by molar-refractivity contribution is 5.78. The Labute approximate surface area is 211 Å². The van der Waals surface area contributed by atoms with Crippen LogP contribution >= 0.6 is 0 Å². The Morgan fingerprint density at radius 1 is 1.06 bits per heavy atom. The van der Waals surface area contributed by atoms with Crippen LogP contribution in [-0.4, -0.2) is 55.6 Å². The number of benzene rings is 2. The fraction of sp³-hybridized carbons (Fsp3) is 0.500. The Hall–Kier alpha value is -3.16. The second-order valence-corrected chi connectivity index (χ2v) is 10.0. The third-order valence-electron chi connectivity index (χ3n) is 7.27. The van der Waals surface area contributed by atoms with E-state index in [0.717, 1.165) is 43.4 Å². The number of hydrogen-bond acceptors (Lipinski definition) is 4. The largest absolute Gasteiger partial charge is 0.490 e. The van der Waals surface area contributed by atoms with Gasteiger partial charge in [0.25, 0.3) is 0 Å². The Balaban J connectivity index is 1.16. The van der Waals surface area contributed by atoms with Crippen LogP contribution in [0.4, 0.5) is 13.6 Å². The monoisotopic (exact) mass is 500 g/mol. The summed E-state index contributed by atoms with van der Waals surface area (Å²) in [5.74, 6) is -0.0362. The van der Waals surface area contributed by atoms with E-state index in [9.17, 15) is 18.4 Å². The summed E-state index contributed by atoms with van der Waals surface area (Å²) in [6.45, 7) is 2.00. The topological polar surface area (TPSA) is 59.1 Å². The van der Waals surface area contributed by atoms with E-state index in [1.807, 2.05) is 30.3 Å². The van der Waals surface area contributed by atoms with Crippen LogP contribution < -0.4 is 4.74 Å². The van der Waals surface area contributed by atoms with Gasteiger partial charge in [-0.2, -0.15) is 0 Å². The molecule has 194 valence electrons. The number of halogens is 2. The second kappa shape index (κ2) is 11.7. The van der Waals surface area contributed by atoms with Gasteiger partial charge in [0.05, 0.1) is 13.0 Å².